The van der Waals surface area contributed by atoms with Crippen molar-refractivity contribution in [3.63, 3.8) is 0 Å². The number of rotatable bonds is 3. The fourth-order valence-electron chi connectivity index (χ4n) is 2.69. The molecule has 0 spiro atoms. The van der Waals surface area contributed by atoms with E-state index in [1.54, 1.807) is 6.20 Å². The van der Waals surface area contributed by atoms with Gasteiger partial charge in [0, 0.05) is 37.6 Å². The van der Waals surface area contributed by atoms with E-state index in [1.807, 2.05) is 37.9 Å². The quantitative estimate of drug-likeness (QED) is 0.932. The summed E-state index contributed by atoms with van der Waals surface area (Å²) in [5.41, 5.74) is 0.720. The lowest BCUT2D eigenvalue weighted by Gasteiger charge is -2.35. The fourth-order valence-corrected chi connectivity index (χ4v) is 2.69. The summed E-state index contributed by atoms with van der Waals surface area (Å²) in [5.74, 6) is 0. The van der Waals surface area contributed by atoms with E-state index in [9.17, 15) is 4.79 Å². The van der Waals surface area contributed by atoms with Crippen molar-refractivity contribution in [3.8, 4) is 0 Å². The van der Waals surface area contributed by atoms with Gasteiger partial charge >= 0.3 is 6.09 Å². The van der Waals surface area contributed by atoms with Gasteiger partial charge in [0.1, 0.15) is 5.60 Å². The van der Waals surface area contributed by atoms with Crippen LogP contribution in [0.3, 0.4) is 0 Å². The van der Waals surface area contributed by atoms with Gasteiger partial charge in [0.15, 0.2) is 0 Å². The van der Waals surface area contributed by atoms with Crippen molar-refractivity contribution < 1.29 is 9.53 Å². The van der Waals surface area contributed by atoms with Gasteiger partial charge in [-0.05, 0) is 52.2 Å². The molecule has 5 heteroatoms. The Kier molecular flexibility index (Phi) is 5.40. The maximum Gasteiger partial charge on any atom is 0.410 e. The molecule has 2 rings (SSSR count). The minimum absolute atomic E-state index is 0.215. The molecule has 1 fully saturated rings. The average Bonchev–Trinajstić information content (AvgIpc) is 2.46. The standard InChI is InChI=1S/C17H27N3O2/c1-13(14-7-5-9-18-11-14)19-15-8-6-10-20(12-15)16(21)22-17(2,3)4/h5,7,9,11,13,15,19H,6,8,10,12H2,1-4H3/t13-,15?/m0/s1. The Morgan fingerprint density at radius 3 is 2.91 bits per heavy atom. The predicted octanol–water partition coefficient (Wildman–Crippen LogP) is 3.13. The van der Waals surface area contributed by atoms with Crippen molar-refractivity contribution in [2.45, 2.75) is 58.2 Å². The summed E-state index contributed by atoms with van der Waals surface area (Å²) in [4.78, 5) is 18.1. The van der Waals surface area contributed by atoms with Gasteiger partial charge in [0.25, 0.3) is 0 Å². The largest absolute Gasteiger partial charge is 0.444 e. The number of carbonyl (C=O) groups is 1. The van der Waals surface area contributed by atoms with Crippen LogP contribution < -0.4 is 5.32 Å². The van der Waals surface area contributed by atoms with E-state index in [2.05, 4.69) is 23.3 Å². The number of carbonyl (C=O) groups excluding carboxylic acids is 1. The highest BCUT2D eigenvalue weighted by molar-refractivity contribution is 5.68. The number of piperidine rings is 1. The fraction of sp³-hybridized carbons (Fsp3) is 0.647. The molecule has 2 atom stereocenters. The number of hydrogen-bond acceptors (Lipinski definition) is 4. The predicted molar refractivity (Wildman–Crippen MR) is 86.6 cm³/mol. The molecule has 1 saturated heterocycles. The van der Waals surface area contributed by atoms with Crippen LogP contribution in [0.25, 0.3) is 0 Å². The SMILES string of the molecule is C[C@H](NC1CCCN(C(=O)OC(C)(C)C)C1)c1cccnc1. The van der Waals surface area contributed by atoms with Crippen LogP contribution >= 0.6 is 0 Å². The monoisotopic (exact) mass is 305 g/mol. The van der Waals surface area contributed by atoms with E-state index in [0.29, 0.717) is 6.54 Å². The number of nitrogens with one attached hydrogen (secondary N) is 1. The third kappa shape index (κ3) is 4.98. The van der Waals surface area contributed by atoms with E-state index in [0.717, 1.165) is 24.9 Å². The lowest BCUT2D eigenvalue weighted by Crippen LogP contribution is -2.49. The summed E-state index contributed by atoms with van der Waals surface area (Å²) in [6, 6.07) is 4.52. The zero-order valence-electron chi connectivity index (χ0n) is 14.0. The van der Waals surface area contributed by atoms with Crippen LogP contribution in [0.15, 0.2) is 24.5 Å². The van der Waals surface area contributed by atoms with Crippen molar-refractivity contribution in [1.29, 1.82) is 0 Å². The van der Waals surface area contributed by atoms with Gasteiger partial charge in [-0.15, -0.1) is 0 Å². The molecule has 1 aliphatic rings. The van der Waals surface area contributed by atoms with Gasteiger partial charge in [-0.3, -0.25) is 4.98 Å². The van der Waals surface area contributed by atoms with Crippen LogP contribution in [0.1, 0.15) is 52.1 Å². The van der Waals surface area contributed by atoms with Gasteiger partial charge < -0.3 is 15.0 Å². The Morgan fingerprint density at radius 2 is 2.27 bits per heavy atom. The maximum absolute atomic E-state index is 12.2. The Balaban J connectivity index is 1.89. The molecule has 1 N–H and O–H groups in total. The van der Waals surface area contributed by atoms with Crippen LogP contribution in [0.5, 0.6) is 0 Å². The van der Waals surface area contributed by atoms with Crippen molar-refractivity contribution >= 4 is 6.09 Å². The molecule has 0 aromatic carbocycles. The van der Waals surface area contributed by atoms with E-state index < -0.39 is 5.60 Å². The second-order valence-corrected chi connectivity index (χ2v) is 6.94. The summed E-state index contributed by atoms with van der Waals surface area (Å²) in [6.45, 7) is 9.29. The molecule has 22 heavy (non-hydrogen) atoms. The van der Waals surface area contributed by atoms with Gasteiger partial charge in [-0.2, -0.15) is 0 Å². The molecule has 122 valence electrons. The third-order valence-electron chi connectivity index (χ3n) is 3.74. The molecule has 0 radical (unpaired) electrons. The van der Waals surface area contributed by atoms with Gasteiger partial charge in [0.2, 0.25) is 0 Å². The lowest BCUT2D eigenvalue weighted by molar-refractivity contribution is 0.0184. The van der Waals surface area contributed by atoms with Crippen molar-refractivity contribution in [1.82, 2.24) is 15.2 Å². The molecule has 1 aliphatic heterocycles. The van der Waals surface area contributed by atoms with Crippen LogP contribution in [-0.2, 0) is 4.74 Å². The van der Waals surface area contributed by atoms with Crippen molar-refractivity contribution in [2.24, 2.45) is 0 Å². The van der Waals surface area contributed by atoms with Crippen LogP contribution in [0.4, 0.5) is 4.79 Å². The number of likely N-dealkylation sites (tertiary alicyclic amines) is 1. The molecule has 2 heterocycles. The first-order valence-electron chi connectivity index (χ1n) is 7.99. The number of aromatic nitrogens is 1. The number of amides is 1. The van der Waals surface area contributed by atoms with E-state index >= 15 is 0 Å². The van der Waals surface area contributed by atoms with Gasteiger partial charge in [-0.1, -0.05) is 6.07 Å². The highest BCUT2D eigenvalue weighted by atomic mass is 16.6. The molecule has 0 bridgehead atoms. The summed E-state index contributed by atoms with van der Waals surface area (Å²) in [7, 11) is 0. The minimum atomic E-state index is -0.444. The molecular formula is C17H27N3O2. The molecule has 1 unspecified atom stereocenters. The number of ether oxygens (including phenoxy) is 1. The van der Waals surface area contributed by atoms with Crippen molar-refractivity contribution in [2.75, 3.05) is 13.1 Å². The topological polar surface area (TPSA) is 54.5 Å². The Morgan fingerprint density at radius 1 is 1.50 bits per heavy atom. The molecule has 1 amide bonds. The zero-order valence-corrected chi connectivity index (χ0v) is 14.0. The first kappa shape index (κ1) is 16.7. The normalized spacial score (nSPS) is 20.5. The molecular weight excluding hydrogens is 278 g/mol. The molecule has 0 saturated carbocycles. The average molecular weight is 305 g/mol. The van der Waals surface area contributed by atoms with Crippen LogP contribution in [0, 0.1) is 0 Å². The number of nitrogens with zero attached hydrogens (tertiary/aromatic N) is 2. The first-order valence-corrected chi connectivity index (χ1v) is 7.99. The van der Waals surface area contributed by atoms with Crippen LogP contribution in [0.2, 0.25) is 0 Å². The number of pyridine rings is 1. The van der Waals surface area contributed by atoms with Gasteiger partial charge in [-0.25, -0.2) is 4.79 Å². The zero-order chi connectivity index (χ0) is 16.2. The second kappa shape index (κ2) is 7.09. The van der Waals surface area contributed by atoms with Crippen LogP contribution in [-0.4, -0.2) is 40.7 Å². The third-order valence-corrected chi connectivity index (χ3v) is 3.74. The maximum atomic E-state index is 12.2. The lowest BCUT2D eigenvalue weighted by atomic mass is 10.0. The number of hydrogen-bond donors (Lipinski definition) is 1. The molecule has 5 nitrogen and oxygen atoms in total. The molecule has 1 aromatic rings. The first-order chi connectivity index (χ1) is 10.3. The minimum Gasteiger partial charge on any atom is -0.444 e. The highest BCUT2D eigenvalue weighted by Gasteiger charge is 2.28. The smallest absolute Gasteiger partial charge is 0.410 e. The highest BCUT2D eigenvalue weighted by Crippen LogP contribution is 2.18. The van der Waals surface area contributed by atoms with E-state index in [1.165, 1.54) is 0 Å². The Hall–Kier alpha value is -1.62. The van der Waals surface area contributed by atoms with Crippen molar-refractivity contribution in [3.05, 3.63) is 30.1 Å². The van der Waals surface area contributed by atoms with E-state index in [4.69, 9.17) is 4.74 Å². The Bertz CT molecular complexity index is 484. The summed E-state index contributed by atoms with van der Waals surface area (Å²) in [5, 5.41) is 3.59. The summed E-state index contributed by atoms with van der Waals surface area (Å²) >= 11 is 0. The Labute approximate surface area is 133 Å². The molecule has 1 aromatic heterocycles. The second-order valence-electron chi connectivity index (χ2n) is 6.94. The summed E-state index contributed by atoms with van der Waals surface area (Å²) in [6.07, 6.45) is 5.52. The van der Waals surface area contributed by atoms with E-state index in [-0.39, 0.29) is 18.2 Å². The summed E-state index contributed by atoms with van der Waals surface area (Å²) < 4.78 is 5.46. The van der Waals surface area contributed by atoms with Gasteiger partial charge in [0.05, 0.1) is 0 Å². The molecule has 0 aliphatic carbocycles.